The van der Waals surface area contributed by atoms with Gasteiger partial charge in [-0.25, -0.2) is 9.48 Å². The normalized spacial score (nSPS) is 19.6. The lowest BCUT2D eigenvalue weighted by Crippen LogP contribution is -2.63. The van der Waals surface area contributed by atoms with E-state index in [1.165, 1.54) is 0 Å². The number of amides is 4. The molecule has 1 aliphatic heterocycles. The largest absolute Gasteiger partial charge is 0.350 e. The zero-order valence-electron chi connectivity index (χ0n) is 20.0. The third-order valence-corrected chi connectivity index (χ3v) is 7.46. The first-order chi connectivity index (χ1) is 17.9. The van der Waals surface area contributed by atoms with E-state index in [2.05, 4.69) is 15.6 Å². The van der Waals surface area contributed by atoms with Crippen LogP contribution in [0, 0.1) is 5.92 Å². The molecular weight excluding hydrogens is 515 g/mol. The lowest BCUT2D eigenvalue weighted by Gasteiger charge is -2.46. The molecule has 2 fully saturated rings. The van der Waals surface area contributed by atoms with Crippen molar-refractivity contribution in [3.63, 3.8) is 0 Å². The maximum Gasteiger partial charge on any atom is 0.327 e. The number of hydrogen-bond donors (Lipinski definition) is 1. The van der Waals surface area contributed by atoms with Crippen LogP contribution in [0.1, 0.15) is 36.9 Å². The van der Waals surface area contributed by atoms with E-state index in [0.29, 0.717) is 27.7 Å². The van der Waals surface area contributed by atoms with Gasteiger partial charge in [-0.05, 0) is 42.7 Å². The van der Waals surface area contributed by atoms with Gasteiger partial charge < -0.3 is 10.2 Å². The van der Waals surface area contributed by atoms with Crippen LogP contribution in [0.5, 0.6) is 0 Å². The molecule has 192 valence electrons. The number of fused-ring (bicyclic) bond motifs is 1. The minimum absolute atomic E-state index is 0.156. The van der Waals surface area contributed by atoms with E-state index < -0.39 is 11.9 Å². The molecule has 37 heavy (non-hydrogen) atoms. The van der Waals surface area contributed by atoms with Gasteiger partial charge in [-0.3, -0.25) is 14.5 Å². The SMILES string of the molecule is O=C(CN1C(=O)C2CCCCC2N(Cc2cn(-c3ccccc3)nn2)C1=O)NCc1ccc(Cl)cc1Cl. The minimum Gasteiger partial charge on any atom is -0.350 e. The van der Waals surface area contributed by atoms with Crippen LogP contribution in [-0.4, -0.2) is 55.2 Å². The molecule has 3 aromatic rings. The van der Waals surface area contributed by atoms with E-state index in [1.54, 1.807) is 34.0 Å². The van der Waals surface area contributed by atoms with Crippen molar-refractivity contribution < 1.29 is 14.4 Å². The van der Waals surface area contributed by atoms with Gasteiger partial charge in [-0.1, -0.05) is 65.5 Å². The molecule has 1 aromatic heterocycles. The summed E-state index contributed by atoms with van der Waals surface area (Å²) in [4.78, 5) is 42.3. The van der Waals surface area contributed by atoms with Crippen molar-refractivity contribution >= 4 is 41.0 Å². The van der Waals surface area contributed by atoms with E-state index in [0.717, 1.165) is 29.8 Å². The van der Waals surface area contributed by atoms with Crippen molar-refractivity contribution in [3.05, 3.63) is 76.0 Å². The molecule has 9 nitrogen and oxygen atoms in total. The second-order valence-corrected chi connectivity index (χ2v) is 10.1. The molecule has 2 aliphatic rings. The van der Waals surface area contributed by atoms with Crippen molar-refractivity contribution in [1.82, 2.24) is 30.1 Å². The highest BCUT2D eigenvalue weighted by Crippen LogP contribution is 2.35. The summed E-state index contributed by atoms with van der Waals surface area (Å²) in [5.41, 5.74) is 2.15. The molecule has 1 aliphatic carbocycles. The monoisotopic (exact) mass is 540 g/mol. The van der Waals surface area contributed by atoms with Crippen LogP contribution in [0.25, 0.3) is 5.69 Å². The van der Waals surface area contributed by atoms with E-state index >= 15 is 0 Å². The minimum atomic E-state index is -0.484. The van der Waals surface area contributed by atoms with Gasteiger partial charge in [0.25, 0.3) is 0 Å². The molecule has 11 heteroatoms. The molecule has 2 heterocycles. The average Bonchev–Trinajstić information content (AvgIpc) is 3.38. The van der Waals surface area contributed by atoms with E-state index in [9.17, 15) is 14.4 Å². The fourth-order valence-electron chi connectivity index (χ4n) is 5.00. The van der Waals surface area contributed by atoms with Gasteiger partial charge in [0.15, 0.2) is 0 Å². The maximum atomic E-state index is 13.5. The van der Waals surface area contributed by atoms with Gasteiger partial charge in [-0.2, -0.15) is 0 Å². The van der Waals surface area contributed by atoms with Gasteiger partial charge in [0.1, 0.15) is 12.2 Å². The Morgan fingerprint density at radius 1 is 1.05 bits per heavy atom. The average molecular weight is 541 g/mol. The Bertz CT molecular complexity index is 1310. The van der Waals surface area contributed by atoms with Gasteiger partial charge in [0, 0.05) is 22.6 Å². The van der Waals surface area contributed by atoms with Crippen molar-refractivity contribution in [2.24, 2.45) is 5.92 Å². The summed E-state index contributed by atoms with van der Waals surface area (Å²) in [6.45, 7) is 0.00132. The van der Waals surface area contributed by atoms with Crippen molar-refractivity contribution in [2.45, 2.75) is 44.8 Å². The van der Waals surface area contributed by atoms with Crippen LogP contribution in [0.4, 0.5) is 4.79 Å². The number of imide groups is 1. The van der Waals surface area contributed by atoms with Gasteiger partial charge in [0.05, 0.1) is 24.3 Å². The predicted octanol–water partition coefficient (Wildman–Crippen LogP) is 4.21. The predicted molar refractivity (Wildman–Crippen MR) is 138 cm³/mol. The Hall–Kier alpha value is -3.43. The molecule has 1 saturated heterocycles. The Morgan fingerprint density at radius 2 is 1.84 bits per heavy atom. The molecule has 0 radical (unpaired) electrons. The summed E-state index contributed by atoms with van der Waals surface area (Å²) >= 11 is 12.1. The number of para-hydroxylation sites is 1. The second-order valence-electron chi connectivity index (χ2n) is 9.30. The lowest BCUT2D eigenvalue weighted by molar-refractivity contribution is -0.143. The fourth-order valence-corrected chi connectivity index (χ4v) is 5.48. The third kappa shape index (κ3) is 5.47. The molecule has 0 spiro atoms. The van der Waals surface area contributed by atoms with Crippen molar-refractivity contribution in [1.29, 1.82) is 0 Å². The van der Waals surface area contributed by atoms with Crippen LogP contribution in [0.3, 0.4) is 0 Å². The molecule has 4 amide bonds. The number of nitrogens with zero attached hydrogens (tertiary/aromatic N) is 5. The third-order valence-electron chi connectivity index (χ3n) is 6.88. The quantitative estimate of drug-likeness (QED) is 0.483. The first kappa shape index (κ1) is 25.2. The summed E-state index contributed by atoms with van der Waals surface area (Å²) in [6, 6.07) is 13.9. The van der Waals surface area contributed by atoms with E-state index in [-0.39, 0.29) is 37.5 Å². The molecule has 2 unspecified atom stereocenters. The number of carbonyl (C=O) groups excluding carboxylic acids is 3. The Balaban J connectivity index is 1.30. The first-order valence-electron chi connectivity index (χ1n) is 12.2. The van der Waals surface area contributed by atoms with E-state index in [1.807, 2.05) is 30.3 Å². The van der Waals surface area contributed by atoms with Crippen molar-refractivity contribution in [3.8, 4) is 5.69 Å². The number of aromatic nitrogens is 3. The highest BCUT2D eigenvalue weighted by atomic mass is 35.5. The van der Waals surface area contributed by atoms with Crippen LogP contribution in [-0.2, 0) is 22.7 Å². The summed E-state index contributed by atoms with van der Waals surface area (Å²) in [5.74, 6) is -1.08. The standard InChI is InChI=1S/C26H26Cl2N6O3/c27-18-11-10-17(22(28)12-18)13-29-24(35)16-33-25(36)21-8-4-5-9-23(21)32(26(33)37)14-19-15-34(31-30-19)20-6-2-1-3-7-20/h1-3,6-7,10-12,15,21,23H,4-5,8-9,13-14,16H2,(H,29,35). The first-order valence-corrected chi connectivity index (χ1v) is 13.0. The number of halogens is 2. The smallest absolute Gasteiger partial charge is 0.327 e. The molecule has 5 rings (SSSR count). The summed E-state index contributed by atoms with van der Waals surface area (Å²) in [7, 11) is 0. The van der Waals surface area contributed by atoms with Crippen LogP contribution >= 0.6 is 23.2 Å². The molecular formula is C26H26Cl2N6O3. The number of urea groups is 1. The highest BCUT2D eigenvalue weighted by molar-refractivity contribution is 6.35. The molecule has 1 saturated carbocycles. The van der Waals surface area contributed by atoms with Gasteiger partial charge >= 0.3 is 6.03 Å². The van der Waals surface area contributed by atoms with Crippen LogP contribution < -0.4 is 5.32 Å². The lowest BCUT2D eigenvalue weighted by atomic mass is 9.81. The van der Waals surface area contributed by atoms with Crippen LogP contribution in [0.15, 0.2) is 54.7 Å². The highest BCUT2D eigenvalue weighted by Gasteiger charge is 2.47. The van der Waals surface area contributed by atoms with Crippen LogP contribution in [0.2, 0.25) is 10.0 Å². The fraction of sp³-hybridized carbons (Fsp3) is 0.346. The molecule has 2 atom stereocenters. The summed E-state index contributed by atoms with van der Waals surface area (Å²) in [6.07, 6.45) is 5.06. The zero-order valence-corrected chi connectivity index (χ0v) is 21.5. The van der Waals surface area contributed by atoms with Gasteiger partial charge in [0.2, 0.25) is 11.8 Å². The molecule has 2 aromatic carbocycles. The number of nitrogens with one attached hydrogen (secondary N) is 1. The summed E-state index contributed by atoms with van der Waals surface area (Å²) < 4.78 is 1.65. The van der Waals surface area contributed by atoms with E-state index in [4.69, 9.17) is 23.2 Å². The number of rotatable bonds is 7. The number of benzene rings is 2. The number of carbonyl (C=O) groups is 3. The Labute approximate surface area is 224 Å². The zero-order chi connectivity index (χ0) is 25.9. The Morgan fingerprint density at radius 3 is 2.62 bits per heavy atom. The second kappa shape index (κ2) is 10.9. The molecule has 0 bridgehead atoms. The maximum absolute atomic E-state index is 13.5. The topological polar surface area (TPSA) is 100 Å². The number of hydrogen-bond acceptors (Lipinski definition) is 5. The Kier molecular flexibility index (Phi) is 7.43. The molecule has 1 N–H and O–H groups in total. The van der Waals surface area contributed by atoms with Gasteiger partial charge in [-0.15, -0.1) is 5.10 Å². The summed E-state index contributed by atoms with van der Waals surface area (Å²) in [5, 5.41) is 12.1. The van der Waals surface area contributed by atoms with Crippen molar-refractivity contribution in [2.75, 3.05) is 6.54 Å².